The lowest BCUT2D eigenvalue weighted by atomic mass is 9.98. The minimum absolute atomic E-state index is 0.292. The van der Waals surface area contributed by atoms with Crippen molar-refractivity contribution in [1.82, 2.24) is 9.62 Å². The van der Waals surface area contributed by atoms with Crippen LogP contribution in [0.5, 0.6) is 0 Å². The lowest BCUT2D eigenvalue weighted by Crippen LogP contribution is -2.40. The number of nitrogens with one attached hydrogen (secondary N) is 1. The maximum Gasteiger partial charge on any atom is 0.243 e. The van der Waals surface area contributed by atoms with Crippen molar-refractivity contribution in [3.8, 4) is 0 Å². The van der Waals surface area contributed by atoms with Crippen molar-refractivity contribution in [1.29, 1.82) is 0 Å². The maximum atomic E-state index is 12.6. The average Bonchev–Trinajstić information content (AvgIpc) is 2.43. The zero-order valence-corrected chi connectivity index (χ0v) is 14.4. The van der Waals surface area contributed by atoms with Crippen molar-refractivity contribution in [3.63, 3.8) is 0 Å². The van der Waals surface area contributed by atoms with Crippen molar-refractivity contribution in [2.75, 3.05) is 26.7 Å². The zero-order valence-electron chi connectivity index (χ0n) is 11.3. The number of rotatable bonds is 4. The Kier molecular flexibility index (Phi) is 5.48. The molecule has 1 fully saturated rings. The highest BCUT2D eigenvalue weighted by molar-refractivity contribution is 9.10. The second-order valence-corrected chi connectivity index (χ2v) is 8.18. The molecule has 1 N–H and O–H groups in total. The molecule has 7 heteroatoms. The number of hydrogen-bond acceptors (Lipinski definition) is 3. The highest BCUT2D eigenvalue weighted by Crippen LogP contribution is 2.28. The van der Waals surface area contributed by atoms with Crippen molar-refractivity contribution in [2.24, 2.45) is 5.92 Å². The molecule has 20 heavy (non-hydrogen) atoms. The molecule has 0 atom stereocenters. The summed E-state index contributed by atoms with van der Waals surface area (Å²) in [5.41, 5.74) is 0. The lowest BCUT2D eigenvalue weighted by molar-refractivity contribution is 0.270. The van der Waals surface area contributed by atoms with Crippen LogP contribution < -0.4 is 5.32 Å². The molecule has 1 aliphatic heterocycles. The average molecular weight is 382 g/mol. The third kappa shape index (κ3) is 3.54. The van der Waals surface area contributed by atoms with Crippen molar-refractivity contribution < 1.29 is 8.42 Å². The van der Waals surface area contributed by atoms with Crippen LogP contribution in [0.25, 0.3) is 0 Å². The van der Waals surface area contributed by atoms with Gasteiger partial charge in [0.25, 0.3) is 0 Å². The van der Waals surface area contributed by atoms with Gasteiger partial charge in [-0.25, -0.2) is 8.42 Å². The highest BCUT2D eigenvalue weighted by atomic mass is 79.9. The van der Waals surface area contributed by atoms with Gasteiger partial charge in [-0.15, -0.1) is 0 Å². The molecule has 1 aromatic carbocycles. The van der Waals surface area contributed by atoms with E-state index in [4.69, 9.17) is 11.6 Å². The van der Waals surface area contributed by atoms with E-state index in [-0.39, 0.29) is 0 Å². The molecular weight excluding hydrogens is 364 g/mol. The van der Waals surface area contributed by atoms with Gasteiger partial charge in [0, 0.05) is 17.6 Å². The Morgan fingerprint density at radius 1 is 1.40 bits per heavy atom. The van der Waals surface area contributed by atoms with E-state index in [1.54, 1.807) is 22.5 Å². The molecule has 2 rings (SSSR count). The van der Waals surface area contributed by atoms with Gasteiger partial charge in [0.15, 0.2) is 0 Å². The molecule has 1 heterocycles. The first-order chi connectivity index (χ1) is 9.45. The van der Waals surface area contributed by atoms with Crippen LogP contribution in [0.4, 0.5) is 0 Å². The largest absolute Gasteiger partial charge is 0.319 e. The van der Waals surface area contributed by atoms with E-state index in [9.17, 15) is 8.42 Å². The molecule has 1 aromatic rings. The summed E-state index contributed by atoms with van der Waals surface area (Å²) in [6.07, 6.45) is 1.80. The molecule has 0 bridgehead atoms. The van der Waals surface area contributed by atoms with Crippen LogP contribution in [0, 0.1) is 5.92 Å². The predicted molar refractivity (Wildman–Crippen MR) is 84.6 cm³/mol. The second-order valence-electron chi connectivity index (χ2n) is 4.98. The molecule has 0 aromatic heterocycles. The lowest BCUT2D eigenvalue weighted by Gasteiger charge is -2.31. The molecule has 1 saturated heterocycles. The number of nitrogens with zero attached hydrogens (tertiary/aromatic N) is 1. The molecule has 0 aliphatic carbocycles. The van der Waals surface area contributed by atoms with E-state index >= 15 is 0 Å². The quantitative estimate of drug-likeness (QED) is 0.872. The van der Waals surface area contributed by atoms with Crippen LogP contribution in [0.15, 0.2) is 27.6 Å². The summed E-state index contributed by atoms with van der Waals surface area (Å²) in [6.45, 7) is 2.10. The molecule has 112 valence electrons. The summed E-state index contributed by atoms with van der Waals surface area (Å²) in [5.74, 6) is 0.559. The van der Waals surface area contributed by atoms with E-state index in [0.717, 1.165) is 19.4 Å². The Bertz CT molecular complexity index is 572. The topological polar surface area (TPSA) is 49.4 Å². The van der Waals surface area contributed by atoms with Gasteiger partial charge in [0.2, 0.25) is 10.0 Å². The Balaban J connectivity index is 2.13. The fourth-order valence-corrected chi connectivity index (χ4v) is 4.57. The Morgan fingerprint density at radius 2 is 2.05 bits per heavy atom. The number of halogens is 2. The van der Waals surface area contributed by atoms with E-state index < -0.39 is 10.0 Å². The number of benzene rings is 1. The van der Waals surface area contributed by atoms with Gasteiger partial charge in [-0.1, -0.05) is 11.6 Å². The summed E-state index contributed by atoms with van der Waals surface area (Å²) in [6, 6.07) is 4.73. The first-order valence-corrected chi connectivity index (χ1v) is 9.16. The first-order valence-electron chi connectivity index (χ1n) is 6.55. The number of hydrogen-bond donors (Lipinski definition) is 1. The second kappa shape index (κ2) is 6.75. The van der Waals surface area contributed by atoms with Crippen LogP contribution in [-0.4, -0.2) is 39.4 Å². The van der Waals surface area contributed by atoms with Crippen LogP contribution in [0.3, 0.4) is 0 Å². The van der Waals surface area contributed by atoms with Gasteiger partial charge in [-0.05, 0) is 66.5 Å². The Labute approximate surface area is 133 Å². The highest BCUT2D eigenvalue weighted by Gasteiger charge is 2.29. The van der Waals surface area contributed by atoms with E-state index in [1.807, 2.05) is 7.05 Å². The third-order valence-corrected chi connectivity index (χ3v) is 6.70. The summed E-state index contributed by atoms with van der Waals surface area (Å²) < 4.78 is 27.3. The van der Waals surface area contributed by atoms with Gasteiger partial charge in [-0.2, -0.15) is 4.31 Å². The summed E-state index contributed by atoms with van der Waals surface area (Å²) in [4.78, 5) is 0.292. The molecule has 0 amide bonds. The van der Waals surface area contributed by atoms with Crippen LogP contribution in [0.2, 0.25) is 5.02 Å². The molecule has 0 unspecified atom stereocenters. The Morgan fingerprint density at radius 3 is 2.60 bits per heavy atom. The fourth-order valence-electron chi connectivity index (χ4n) is 2.43. The van der Waals surface area contributed by atoms with E-state index in [2.05, 4.69) is 21.2 Å². The minimum Gasteiger partial charge on any atom is -0.319 e. The van der Waals surface area contributed by atoms with E-state index in [0.29, 0.717) is 33.4 Å². The van der Waals surface area contributed by atoms with Crippen molar-refractivity contribution in [2.45, 2.75) is 17.7 Å². The molecule has 0 radical (unpaired) electrons. The molecule has 4 nitrogen and oxygen atoms in total. The predicted octanol–water partition coefficient (Wildman–Crippen LogP) is 2.72. The first kappa shape index (κ1) is 16.2. The van der Waals surface area contributed by atoms with Crippen LogP contribution in [0.1, 0.15) is 12.8 Å². The normalized spacial score (nSPS) is 18.4. The van der Waals surface area contributed by atoms with Gasteiger partial charge in [0.05, 0.1) is 9.92 Å². The van der Waals surface area contributed by atoms with Crippen molar-refractivity contribution >= 4 is 37.6 Å². The summed E-state index contributed by atoms with van der Waals surface area (Å²) >= 11 is 9.18. The SMILES string of the molecule is CNCC1CCN(S(=O)(=O)c2ccc(Cl)c(Br)c2)CC1. The molecule has 0 spiro atoms. The number of sulfonamides is 1. The van der Waals surface area contributed by atoms with Crippen LogP contribution >= 0.6 is 27.5 Å². The maximum absolute atomic E-state index is 12.6. The Hall–Kier alpha value is -0.140. The smallest absolute Gasteiger partial charge is 0.243 e. The third-order valence-electron chi connectivity index (χ3n) is 3.60. The summed E-state index contributed by atoms with van der Waals surface area (Å²) in [7, 11) is -1.49. The monoisotopic (exact) mass is 380 g/mol. The minimum atomic E-state index is -3.42. The van der Waals surface area contributed by atoms with Gasteiger partial charge in [-0.3, -0.25) is 0 Å². The van der Waals surface area contributed by atoms with Crippen molar-refractivity contribution in [3.05, 3.63) is 27.7 Å². The van der Waals surface area contributed by atoms with Gasteiger partial charge < -0.3 is 5.32 Å². The van der Waals surface area contributed by atoms with Gasteiger partial charge in [0.1, 0.15) is 0 Å². The zero-order chi connectivity index (χ0) is 14.8. The van der Waals surface area contributed by atoms with Gasteiger partial charge >= 0.3 is 0 Å². The van der Waals surface area contributed by atoms with E-state index in [1.165, 1.54) is 0 Å². The number of piperidine rings is 1. The standard InChI is InChI=1S/C13H18BrClN2O2S/c1-16-9-10-4-6-17(7-5-10)20(18,19)11-2-3-13(15)12(14)8-11/h2-3,8,10,16H,4-7,9H2,1H3. The molecule has 1 aliphatic rings. The summed E-state index contributed by atoms with van der Waals surface area (Å²) in [5, 5.41) is 3.66. The van der Waals surface area contributed by atoms with Crippen LogP contribution in [-0.2, 0) is 10.0 Å². The fraction of sp³-hybridized carbons (Fsp3) is 0.538. The molecular formula is C13H18BrClN2O2S. The molecule has 0 saturated carbocycles.